The van der Waals surface area contributed by atoms with E-state index in [9.17, 15) is 4.79 Å². The zero-order chi connectivity index (χ0) is 15.4. The Morgan fingerprint density at radius 1 is 1.36 bits per heavy atom. The van der Waals surface area contributed by atoms with Gasteiger partial charge in [-0.3, -0.25) is 9.89 Å². The lowest BCUT2D eigenvalue weighted by molar-refractivity contribution is -0.119. The molecule has 114 valence electrons. The summed E-state index contributed by atoms with van der Waals surface area (Å²) in [6.45, 7) is 1.86. The number of carbonyl (C=O) groups is 1. The van der Waals surface area contributed by atoms with Gasteiger partial charge in [0.05, 0.1) is 24.3 Å². The van der Waals surface area contributed by atoms with E-state index >= 15 is 0 Å². The van der Waals surface area contributed by atoms with Gasteiger partial charge in [-0.25, -0.2) is 0 Å². The van der Waals surface area contributed by atoms with Crippen LogP contribution >= 0.6 is 11.8 Å². The first-order chi connectivity index (χ1) is 10.7. The van der Waals surface area contributed by atoms with Crippen LogP contribution in [0, 0.1) is 0 Å². The average Bonchev–Trinajstić information content (AvgIpc) is 3.25. The highest BCUT2D eigenvalue weighted by Crippen LogP contribution is 2.19. The van der Waals surface area contributed by atoms with Gasteiger partial charge in [0.25, 0.3) is 0 Å². The lowest BCUT2D eigenvalue weighted by atomic mass is 10.2. The van der Waals surface area contributed by atoms with Crippen molar-refractivity contribution in [3.63, 3.8) is 0 Å². The van der Waals surface area contributed by atoms with Crippen LogP contribution in [0.15, 0.2) is 50.8 Å². The fourth-order valence-corrected chi connectivity index (χ4v) is 2.47. The van der Waals surface area contributed by atoms with Gasteiger partial charge in [-0.15, -0.1) is 5.10 Å². The number of nitrogens with one attached hydrogen (secondary N) is 2. The summed E-state index contributed by atoms with van der Waals surface area (Å²) in [5.41, 5.74) is 0. The minimum atomic E-state index is -0.172. The van der Waals surface area contributed by atoms with Gasteiger partial charge in [0, 0.05) is 0 Å². The number of carbonyl (C=O) groups excluding carboxylic acids is 1. The van der Waals surface area contributed by atoms with Gasteiger partial charge in [-0.2, -0.15) is 4.98 Å². The van der Waals surface area contributed by atoms with Crippen LogP contribution in [-0.2, 0) is 4.79 Å². The van der Waals surface area contributed by atoms with Crippen molar-refractivity contribution in [2.24, 2.45) is 0 Å². The van der Waals surface area contributed by atoms with Gasteiger partial charge >= 0.3 is 0 Å². The monoisotopic (exact) mass is 318 g/mol. The van der Waals surface area contributed by atoms with Crippen molar-refractivity contribution in [3.05, 3.63) is 42.6 Å². The third kappa shape index (κ3) is 3.40. The molecule has 3 heterocycles. The lowest BCUT2D eigenvalue weighted by Gasteiger charge is -2.10. The summed E-state index contributed by atoms with van der Waals surface area (Å²) in [6, 6.07) is 6.99. The number of amides is 1. The van der Waals surface area contributed by atoms with E-state index in [4.69, 9.17) is 8.83 Å². The van der Waals surface area contributed by atoms with Crippen molar-refractivity contribution in [3.8, 4) is 11.6 Å². The second kappa shape index (κ2) is 6.52. The van der Waals surface area contributed by atoms with Gasteiger partial charge in [-0.1, -0.05) is 11.8 Å². The highest BCUT2D eigenvalue weighted by atomic mass is 32.2. The van der Waals surface area contributed by atoms with E-state index < -0.39 is 0 Å². The second-order valence-corrected chi connectivity index (χ2v) is 5.48. The van der Waals surface area contributed by atoms with Gasteiger partial charge in [0.1, 0.15) is 5.76 Å². The van der Waals surface area contributed by atoms with Gasteiger partial charge < -0.3 is 14.2 Å². The maximum absolute atomic E-state index is 11.9. The smallest absolute Gasteiger partial charge is 0.231 e. The standard InChI is InChI=1S/C14H14N4O3S/c1-9(10-4-2-6-20-10)15-12(19)8-22-14-16-13(17-18-14)11-5-3-7-21-11/h2-7,9H,8H2,1H3,(H,15,19)(H,16,17,18)/t9-/m0/s1. The first-order valence-electron chi connectivity index (χ1n) is 6.64. The topological polar surface area (TPSA) is 97.0 Å². The van der Waals surface area contributed by atoms with Crippen LogP contribution in [0.1, 0.15) is 18.7 Å². The van der Waals surface area contributed by atoms with Crippen molar-refractivity contribution >= 4 is 17.7 Å². The van der Waals surface area contributed by atoms with E-state index in [-0.39, 0.29) is 17.7 Å². The molecular weight excluding hydrogens is 304 g/mol. The van der Waals surface area contributed by atoms with E-state index in [0.717, 1.165) is 5.76 Å². The Morgan fingerprint density at radius 3 is 2.91 bits per heavy atom. The van der Waals surface area contributed by atoms with E-state index in [1.165, 1.54) is 11.8 Å². The summed E-state index contributed by atoms with van der Waals surface area (Å²) < 4.78 is 10.5. The van der Waals surface area contributed by atoms with Gasteiger partial charge in [0.15, 0.2) is 11.6 Å². The average molecular weight is 318 g/mol. The molecule has 0 aliphatic heterocycles. The zero-order valence-electron chi connectivity index (χ0n) is 11.8. The molecule has 0 spiro atoms. The van der Waals surface area contributed by atoms with Crippen molar-refractivity contribution in [2.75, 3.05) is 5.75 Å². The fraction of sp³-hybridized carbons (Fsp3) is 0.214. The quantitative estimate of drug-likeness (QED) is 0.678. The number of nitrogens with zero attached hydrogens (tertiary/aromatic N) is 2. The van der Waals surface area contributed by atoms with Crippen LogP contribution in [0.25, 0.3) is 11.6 Å². The Bertz CT molecular complexity index is 721. The first kappa shape index (κ1) is 14.5. The molecule has 0 radical (unpaired) electrons. The molecule has 3 rings (SSSR count). The molecule has 22 heavy (non-hydrogen) atoms. The molecule has 3 aromatic rings. The largest absolute Gasteiger partial charge is 0.467 e. The SMILES string of the molecule is C[C@H](NC(=O)CSc1n[nH]c(-c2ccco2)n1)c1ccco1. The van der Waals surface area contributed by atoms with Crippen LogP contribution in [0.4, 0.5) is 0 Å². The van der Waals surface area contributed by atoms with E-state index in [1.807, 2.05) is 13.0 Å². The summed E-state index contributed by atoms with van der Waals surface area (Å²) in [6.07, 6.45) is 3.14. The van der Waals surface area contributed by atoms with Gasteiger partial charge in [-0.05, 0) is 31.2 Å². The summed E-state index contributed by atoms with van der Waals surface area (Å²) in [4.78, 5) is 16.2. The number of rotatable bonds is 6. The Hall–Kier alpha value is -2.48. The molecule has 0 fully saturated rings. The van der Waals surface area contributed by atoms with Crippen LogP contribution < -0.4 is 5.32 Å². The molecule has 0 aliphatic rings. The molecular formula is C14H14N4O3S. The Kier molecular flexibility index (Phi) is 4.29. The normalized spacial score (nSPS) is 12.2. The Labute approximate surface area is 130 Å². The Balaban J connectivity index is 1.51. The highest BCUT2D eigenvalue weighted by molar-refractivity contribution is 7.99. The number of H-pyrrole nitrogens is 1. The maximum Gasteiger partial charge on any atom is 0.231 e. The predicted octanol–water partition coefficient (Wildman–Crippen LogP) is 2.63. The third-order valence-electron chi connectivity index (χ3n) is 2.90. The summed E-state index contributed by atoms with van der Waals surface area (Å²) in [7, 11) is 0. The molecule has 8 heteroatoms. The molecule has 0 saturated carbocycles. The number of furan rings is 2. The van der Waals surface area contributed by atoms with E-state index in [0.29, 0.717) is 16.7 Å². The Morgan fingerprint density at radius 2 is 2.18 bits per heavy atom. The van der Waals surface area contributed by atoms with E-state index in [1.54, 1.807) is 30.7 Å². The van der Waals surface area contributed by atoms with Crippen LogP contribution in [0.3, 0.4) is 0 Å². The van der Waals surface area contributed by atoms with Crippen molar-refractivity contribution in [2.45, 2.75) is 18.1 Å². The molecule has 0 unspecified atom stereocenters. The highest BCUT2D eigenvalue weighted by Gasteiger charge is 2.14. The molecule has 1 atom stereocenters. The minimum absolute atomic E-state index is 0.113. The molecule has 0 saturated heterocycles. The van der Waals surface area contributed by atoms with Crippen LogP contribution in [-0.4, -0.2) is 26.8 Å². The molecule has 2 N–H and O–H groups in total. The summed E-state index contributed by atoms with van der Waals surface area (Å²) in [5, 5.41) is 10.2. The molecule has 3 aromatic heterocycles. The molecule has 1 amide bonds. The molecule has 0 aromatic carbocycles. The predicted molar refractivity (Wildman–Crippen MR) is 80.1 cm³/mol. The zero-order valence-corrected chi connectivity index (χ0v) is 12.6. The number of hydrogen-bond donors (Lipinski definition) is 2. The number of thioether (sulfide) groups is 1. The maximum atomic E-state index is 11.9. The van der Waals surface area contributed by atoms with Crippen LogP contribution in [0.5, 0.6) is 0 Å². The second-order valence-electron chi connectivity index (χ2n) is 4.54. The number of aromatic nitrogens is 3. The van der Waals surface area contributed by atoms with E-state index in [2.05, 4.69) is 20.5 Å². The van der Waals surface area contributed by atoms with Gasteiger partial charge in [0.2, 0.25) is 11.1 Å². The van der Waals surface area contributed by atoms with Crippen LogP contribution in [0.2, 0.25) is 0 Å². The van der Waals surface area contributed by atoms with Crippen molar-refractivity contribution in [1.82, 2.24) is 20.5 Å². The molecule has 0 bridgehead atoms. The lowest BCUT2D eigenvalue weighted by Crippen LogP contribution is -2.27. The summed E-state index contributed by atoms with van der Waals surface area (Å²) >= 11 is 1.25. The summed E-state index contributed by atoms with van der Waals surface area (Å²) in [5.74, 6) is 1.97. The number of aromatic amines is 1. The first-order valence-corrected chi connectivity index (χ1v) is 7.63. The number of hydrogen-bond acceptors (Lipinski definition) is 6. The van der Waals surface area contributed by atoms with Crippen molar-refractivity contribution in [1.29, 1.82) is 0 Å². The molecule has 7 nitrogen and oxygen atoms in total. The van der Waals surface area contributed by atoms with Crippen molar-refractivity contribution < 1.29 is 13.6 Å². The minimum Gasteiger partial charge on any atom is -0.467 e. The fourth-order valence-electron chi connectivity index (χ4n) is 1.86. The third-order valence-corrected chi connectivity index (χ3v) is 3.75. The molecule has 0 aliphatic carbocycles.